The molecule has 4 aromatic rings. The average Bonchev–Trinajstić information content (AvgIpc) is 3.57. The van der Waals surface area contributed by atoms with Crippen molar-refractivity contribution in [3.63, 3.8) is 0 Å². The zero-order chi connectivity index (χ0) is 28.9. The highest BCUT2D eigenvalue weighted by molar-refractivity contribution is 5.90. The summed E-state index contributed by atoms with van der Waals surface area (Å²) in [5, 5.41) is 10.9. The molecule has 214 valence electrons. The molecule has 1 N–H and O–H groups in total. The van der Waals surface area contributed by atoms with Gasteiger partial charge in [-0.25, -0.2) is 18.3 Å². The summed E-state index contributed by atoms with van der Waals surface area (Å²) in [6.07, 6.45) is 4.78. The molecule has 11 heteroatoms. The van der Waals surface area contributed by atoms with Gasteiger partial charge in [-0.15, -0.1) is 0 Å². The number of alkyl halides is 2. The molecule has 0 spiro atoms. The zero-order valence-electron chi connectivity index (χ0n) is 23.6. The van der Waals surface area contributed by atoms with Crippen LogP contribution >= 0.6 is 0 Å². The normalized spacial score (nSPS) is 12.3. The van der Waals surface area contributed by atoms with Crippen LogP contribution in [0.15, 0.2) is 41.3 Å². The van der Waals surface area contributed by atoms with Gasteiger partial charge in [0.1, 0.15) is 12.9 Å². The van der Waals surface area contributed by atoms with Gasteiger partial charge in [0.05, 0.1) is 11.2 Å². The molecular weight excluding hydrogens is 518 g/mol. The molecular formula is C29H36F2N6O3. The van der Waals surface area contributed by atoms with Gasteiger partial charge in [0.15, 0.2) is 0 Å². The van der Waals surface area contributed by atoms with E-state index in [9.17, 15) is 13.6 Å². The van der Waals surface area contributed by atoms with E-state index in [1.807, 2.05) is 58.9 Å². The van der Waals surface area contributed by atoms with E-state index in [0.717, 1.165) is 40.6 Å². The van der Waals surface area contributed by atoms with Crippen LogP contribution in [0.25, 0.3) is 16.8 Å². The van der Waals surface area contributed by atoms with E-state index in [-0.39, 0.29) is 30.6 Å². The number of carbonyl (C=O) groups excluding carboxylic acids is 1. The van der Waals surface area contributed by atoms with E-state index >= 15 is 0 Å². The fourth-order valence-corrected chi connectivity index (χ4v) is 4.13. The van der Waals surface area contributed by atoms with Gasteiger partial charge in [0.25, 0.3) is 17.7 Å². The second kappa shape index (κ2) is 12.2. The standard InChI is InChI=1S/C29H36F2N6O3/c1-6-7-12-39-17-29(30,31)11-10-20-14-23-24(33-18-34-37(23)16-20)21-8-9-22(19(2)13-21)15-32-26(38)25-35-27(40-36-25)28(3,4)5/h8-9,13-14,16,18H,6-7,10-12,15,17H2,1-5H3,(H,32,38). The van der Waals surface area contributed by atoms with E-state index in [1.165, 1.54) is 6.33 Å². The Kier molecular flexibility index (Phi) is 8.92. The summed E-state index contributed by atoms with van der Waals surface area (Å²) in [5.74, 6) is -2.92. The van der Waals surface area contributed by atoms with Crippen molar-refractivity contribution < 1.29 is 22.8 Å². The van der Waals surface area contributed by atoms with Crippen molar-refractivity contribution in [1.82, 2.24) is 30.1 Å². The molecule has 9 nitrogen and oxygen atoms in total. The van der Waals surface area contributed by atoms with Crippen LogP contribution in [0.1, 0.15) is 80.2 Å². The van der Waals surface area contributed by atoms with Crippen molar-refractivity contribution in [3.8, 4) is 11.3 Å². The number of ether oxygens (including phenoxy) is 1. The molecule has 3 aromatic heterocycles. The molecule has 1 aromatic carbocycles. The highest BCUT2D eigenvalue weighted by atomic mass is 19.3. The smallest absolute Gasteiger partial charge is 0.292 e. The van der Waals surface area contributed by atoms with Crippen molar-refractivity contribution in [2.24, 2.45) is 0 Å². The van der Waals surface area contributed by atoms with E-state index < -0.39 is 18.4 Å². The Bertz CT molecular complexity index is 1460. The topological polar surface area (TPSA) is 107 Å². The number of hydrogen-bond donors (Lipinski definition) is 1. The molecule has 0 unspecified atom stereocenters. The van der Waals surface area contributed by atoms with Gasteiger partial charge < -0.3 is 14.6 Å². The maximum absolute atomic E-state index is 14.3. The second-order valence-corrected chi connectivity index (χ2v) is 11.0. The van der Waals surface area contributed by atoms with Gasteiger partial charge in [0, 0.05) is 36.7 Å². The van der Waals surface area contributed by atoms with Crippen molar-refractivity contribution in [1.29, 1.82) is 0 Å². The number of nitrogens with one attached hydrogen (secondary N) is 1. The molecule has 40 heavy (non-hydrogen) atoms. The van der Waals surface area contributed by atoms with Gasteiger partial charge in [0.2, 0.25) is 5.89 Å². The lowest BCUT2D eigenvalue weighted by Crippen LogP contribution is -2.24. The number of aromatic nitrogens is 5. The minimum Gasteiger partial charge on any atom is -0.375 e. The van der Waals surface area contributed by atoms with E-state index in [1.54, 1.807) is 10.7 Å². The lowest BCUT2D eigenvalue weighted by molar-refractivity contribution is -0.0821. The Labute approximate surface area is 232 Å². The van der Waals surface area contributed by atoms with Crippen LogP contribution in [0, 0.1) is 6.92 Å². The van der Waals surface area contributed by atoms with Crippen molar-refractivity contribution >= 4 is 11.4 Å². The first-order valence-electron chi connectivity index (χ1n) is 13.5. The molecule has 0 atom stereocenters. The molecule has 0 radical (unpaired) electrons. The predicted octanol–water partition coefficient (Wildman–Crippen LogP) is 5.70. The minimum absolute atomic E-state index is 0.00612. The van der Waals surface area contributed by atoms with Gasteiger partial charge in [-0.2, -0.15) is 10.1 Å². The van der Waals surface area contributed by atoms with E-state index in [4.69, 9.17) is 9.26 Å². The lowest BCUT2D eigenvalue weighted by atomic mass is 9.97. The summed E-state index contributed by atoms with van der Waals surface area (Å²) in [6, 6.07) is 7.66. The van der Waals surface area contributed by atoms with E-state index in [0.29, 0.717) is 18.2 Å². The van der Waals surface area contributed by atoms with Gasteiger partial charge in [-0.05, 0) is 48.6 Å². The van der Waals surface area contributed by atoms with Crippen LogP contribution in [0.5, 0.6) is 0 Å². The maximum atomic E-state index is 14.3. The molecule has 0 aliphatic rings. The first-order chi connectivity index (χ1) is 19.0. The number of benzene rings is 1. The minimum atomic E-state index is -2.89. The number of halogens is 2. The summed E-state index contributed by atoms with van der Waals surface area (Å²) < 4.78 is 40.6. The molecule has 0 saturated carbocycles. The zero-order valence-corrected chi connectivity index (χ0v) is 23.6. The quantitative estimate of drug-likeness (QED) is 0.224. The number of nitrogens with zero attached hydrogens (tertiary/aromatic N) is 5. The van der Waals surface area contributed by atoms with Crippen LogP contribution in [0.4, 0.5) is 8.78 Å². The third-order valence-electron chi connectivity index (χ3n) is 6.52. The Balaban J connectivity index is 1.42. The summed E-state index contributed by atoms with van der Waals surface area (Å²) in [7, 11) is 0. The van der Waals surface area contributed by atoms with Crippen LogP contribution in [0.3, 0.4) is 0 Å². The molecule has 1 amide bonds. The number of amides is 1. The first-order valence-corrected chi connectivity index (χ1v) is 13.5. The van der Waals surface area contributed by atoms with Gasteiger partial charge in [-0.1, -0.05) is 51.4 Å². The summed E-state index contributed by atoms with van der Waals surface area (Å²) in [6.45, 7) is 9.80. The summed E-state index contributed by atoms with van der Waals surface area (Å²) in [5.41, 5.74) is 4.55. The van der Waals surface area contributed by atoms with Crippen molar-refractivity contribution in [3.05, 3.63) is 65.2 Å². The Morgan fingerprint density at radius 3 is 2.70 bits per heavy atom. The lowest BCUT2D eigenvalue weighted by Gasteiger charge is -2.15. The highest BCUT2D eigenvalue weighted by Gasteiger charge is 2.29. The monoisotopic (exact) mass is 554 g/mol. The highest BCUT2D eigenvalue weighted by Crippen LogP contribution is 2.28. The Morgan fingerprint density at radius 1 is 1.20 bits per heavy atom. The summed E-state index contributed by atoms with van der Waals surface area (Å²) >= 11 is 0. The van der Waals surface area contributed by atoms with Crippen LogP contribution in [0.2, 0.25) is 0 Å². The number of unbranched alkanes of at least 4 members (excludes halogenated alkanes) is 1. The van der Waals surface area contributed by atoms with Gasteiger partial charge in [-0.3, -0.25) is 4.79 Å². The number of fused-ring (bicyclic) bond motifs is 1. The maximum Gasteiger partial charge on any atom is 0.292 e. The molecule has 0 bridgehead atoms. The van der Waals surface area contributed by atoms with Gasteiger partial charge >= 0.3 is 0 Å². The predicted molar refractivity (Wildman–Crippen MR) is 146 cm³/mol. The molecule has 0 saturated heterocycles. The van der Waals surface area contributed by atoms with Crippen LogP contribution in [-0.4, -0.2) is 49.8 Å². The van der Waals surface area contributed by atoms with Crippen molar-refractivity contribution in [2.45, 2.75) is 78.2 Å². The second-order valence-electron chi connectivity index (χ2n) is 11.0. The SMILES string of the molecule is CCCCOCC(F)(F)CCc1cc2c(-c3ccc(CNC(=O)c4noc(C(C)(C)C)n4)c(C)c3)ncnn2c1. The Hall–Kier alpha value is -3.73. The summed E-state index contributed by atoms with van der Waals surface area (Å²) in [4.78, 5) is 21.2. The third-order valence-corrected chi connectivity index (χ3v) is 6.52. The largest absolute Gasteiger partial charge is 0.375 e. The third kappa shape index (κ3) is 7.26. The number of carbonyl (C=O) groups is 1. The van der Waals surface area contributed by atoms with Crippen LogP contribution in [-0.2, 0) is 23.1 Å². The molecule has 0 fully saturated rings. The fraction of sp³-hybridized carbons (Fsp3) is 0.483. The number of aryl methyl sites for hydroxylation is 2. The van der Waals surface area contributed by atoms with E-state index in [2.05, 4.69) is 25.5 Å². The fourth-order valence-electron chi connectivity index (χ4n) is 4.13. The molecule has 3 heterocycles. The van der Waals surface area contributed by atoms with Crippen LogP contribution < -0.4 is 5.32 Å². The Morgan fingerprint density at radius 2 is 2.00 bits per heavy atom. The number of rotatable bonds is 12. The first kappa shape index (κ1) is 29.3. The average molecular weight is 555 g/mol. The number of hydrogen-bond acceptors (Lipinski definition) is 7. The molecule has 0 aliphatic heterocycles. The molecule has 0 aliphatic carbocycles. The van der Waals surface area contributed by atoms with Crippen molar-refractivity contribution in [2.75, 3.05) is 13.2 Å². The molecule has 4 rings (SSSR count).